The summed E-state index contributed by atoms with van der Waals surface area (Å²) < 4.78 is 11.8. The second-order valence-electron chi connectivity index (χ2n) is 6.09. The van der Waals surface area contributed by atoms with Crippen LogP contribution in [0.2, 0.25) is 0 Å². The first-order valence-electron chi connectivity index (χ1n) is 8.64. The number of ether oxygens (including phenoxy) is 2. The number of hydrogen-bond donors (Lipinski definition) is 0. The fourth-order valence-electron chi connectivity index (χ4n) is 3.33. The standard InChI is InChI=1S/C19H23NO4/c1-3-11-23-15-7-8-16(24-12-4-2)19-13(15)5-6-14(19)20-17(21)9-10-18(20)22/h7-10,14H,3-6,11-12H2,1-2H3/t14-/m0/s1. The molecule has 0 spiro atoms. The third-order valence-electron chi connectivity index (χ3n) is 4.35. The molecule has 0 unspecified atom stereocenters. The molecule has 128 valence electrons. The van der Waals surface area contributed by atoms with Gasteiger partial charge in [-0.25, -0.2) is 0 Å². The van der Waals surface area contributed by atoms with Gasteiger partial charge in [0.05, 0.1) is 19.3 Å². The Morgan fingerprint density at radius 2 is 1.58 bits per heavy atom. The van der Waals surface area contributed by atoms with Gasteiger partial charge < -0.3 is 9.47 Å². The first-order chi connectivity index (χ1) is 11.7. The van der Waals surface area contributed by atoms with Crippen LogP contribution in [0.3, 0.4) is 0 Å². The molecule has 1 aliphatic carbocycles. The molecule has 24 heavy (non-hydrogen) atoms. The van der Waals surface area contributed by atoms with Crippen LogP contribution in [0.5, 0.6) is 11.5 Å². The number of amides is 2. The zero-order valence-electron chi connectivity index (χ0n) is 14.2. The van der Waals surface area contributed by atoms with Crippen LogP contribution in [0, 0.1) is 0 Å². The Kier molecular flexibility index (Phi) is 4.88. The molecule has 1 aliphatic heterocycles. The van der Waals surface area contributed by atoms with Gasteiger partial charge in [-0.1, -0.05) is 13.8 Å². The van der Waals surface area contributed by atoms with Crippen LogP contribution in [0.15, 0.2) is 24.3 Å². The number of carbonyl (C=O) groups excluding carboxylic acids is 2. The number of fused-ring (bicyclic) bond motifs is 1. The van der Waals surface area contributed by atoms with E-state index in [1.165, 1.54) is 17.1 Å². The number of carbonyl (C=O) groups is 2. The van der Waals surface area contributed by atoms with E-state index in [0.717, 1.165) is 41.9 Å². The molecule has 0 radical (unpaired) electrons. The van der Waals surface area contributed by atoms with Crippen LogP contribution in [-0.4, -0.2) is 29.9 Å². The summed E-state index contributed by atoms with van der Waals surface area (Å²) in [6.45, 7) is 5.37. The van der Waals surface area contributed by atoms with E-state index >= 15 is 0 Å². The van der Waals surface area contributed by atoms with Crippen LogP contribution in [-0.2, 0) is 16.0 Å². The molecular weight excluding hydrogens is 306 g/mol. The van der Waals surface area contributed by atoms with Crippen LogP contribution < -0.4 is 9.47 Å². The molecule has 1 atom stereocenters. The second-order valence-corrected chi connectivity index (χ2v) is 6.09. The van der Waals surface area contributed by atoms with Crippen molar-refractivity contribution in [2.24, 2.45) is 0 Å². The van der Waals surface area contributed by atoms with E-state index in [9.17, 15) is 9.59 Å². The zero-order chi connectivity index (χ0) is 17.1. The largest absolute Gasteiger partial charge is 0.493 e. The smallest absolute Gasteiger partial charge is 0.254 e. The Hall–Kier alpha value is -2.30. The summed E-state index contributed by atoms with van der Waals surface area (Å²) in [6.07, 6.45) is 5.99. The fraction of sp³-hybridized carbons (Fsp3) is 0.474. The molecule has 0 bridgehead atoms. The average Bonchev–Trinajstić information content (AvgIpc) is 3.15. The lowest BCUT2D eigenvalue weighted by atomic mass is 10.0. The van der Waals surface area contributed by atoms with Crippen molar-refractivity contribution in [3.63, 3.8) is 0 Å². The number of nitrogens with zero attached hydrogens (tertiary/aromatic N) is 1. The molecule has 5 heteroatoms. The molecule has 2 aliphatic rings. The van der Waals surface area contributed by atoms with Crippen LogP contribution in [0.25, 0.3) is 0 Å². The number of hydrogen-bond acceptors (Lipinski definition) is 4. The van der Waals surface area contributed by atoms with E-state index < -0.39 is 0 Å². The summed E-state index contributed by atoms with van der Waals surface area (Å²) in [5.74, 6) is 1.09. The van der Waals surface area contributed by atoms with Crippen molar-refractivity contribution in [1.29, 1.82) is 0 Å². The molecule has 0 aromatic heterocycles. The summed E-state index contributed by atoms with van der Waals surface area (Å²) >= 11 is 0. The fourth-order valence-corrected chi connectivity index (χ4v) is 3.33. The summed E-state index contributed by atoms with van der Waals surface area (Å²) in [5, 5.41) is 0. The minimum atomic E-state index is -0.271. The Bertz CT molecular complexity index is 662. The summed E-state index contributed by atoms with van der Waals surface area (Å²) in [7, 11) is 0. The molecule has 0 N–H and O–H groups in total. The van der Waals surface area contributed by atoms with Crippen LogP contribution in [0.1, 0.15) is 50.3 Å². The van der Waals surface area contributed by atoms with Gasteiger partial charge in [0.2, 0.25) is 0 Å². The maximum Gasteiger partial charge on any atom is 0.254 e. The highest BCUT2D eigenvalue weighted by Gasteiger charge is 2.39. The molecule has 2 amide bonds. The van der Waals surface area contributed by atoms with Gasteiger partial charge in [-0.15, -0.1) is 0 Å². The van der Waals surface area contributed by atoms with Gasteiger partial charge in [0.25, 0.3) is 11.8 Å². The van der Waals surface area contributed by atoms with Crippen molar-refractivity contribution in [3.8, 4) is 11.5 Å². The zero-order valence-corrected chi connectivity index (χ0v) is 14.2. The SMILES string of the molecule is CCCOc1ccc(OCCC)c2c1CC[C@@H]2N1C(=O)C=CC1=O. The number of rotatable bonds is 7. The lowest BCUT2D eigenvalue weighted by Crippen LogP contribution is -2.33. The van der Waals surface area contributed by atoms with Gasteiger partial charge in [-0.05, 0) is 37.8 Å². The highest BCUT2D eigenvalue weighted by atomic mass is 16.5. The van der Waals surface area contributed by atoms with Crippen molar-refractivity contribution in [2.75, 3.05) is 13.2 Å². The topological polar surface area (TPSA) is 55.8 Å². The first-order valence-corrected chi connectivity index (χ1v) is 8.64. The minimum absolute atomic E-state index is 0.251. The van der Waals surface area contributed by atoms with E-state index in [4.69, 9.17) is 9.47 Å². The normalized spacial score (nSPS) is 19.1. The van der Waals surface area contributed by atoms with Crippen molar-refractivity contribution in [2.45, 2.75) is 45.6 Å². The van der Waals surface area contributed by atoms with E-state index in [2.05, 4.69) is 6.92 Å². The highest BCUT2D eigenvalue weighted by Crippen LogP contribution is 2.46. The van der Waals surface area contributed by atoms with Crippen LogP contribution in [0.4, 0.5) is 0 Å². The van der Waals surface area contributed by atoms with E-state index in [-0.39, 0.29) is 17.9 Å². The Morgan fingerprint density at radius 3 is 2.21 bits per heavy atom. The highest BCUT2D eigenvalue weighted by molar-refractivity contribution is 6.13. The molecule has 0 fully saturated rings. The molecule has 0 saturated heterocycles. The maximum atomic E-state index is 12.1. The van der Waals surface area contributed by atoms with Gasteiger partial charge in [-0.2, -0.15) is 0 Å². The molecule has 1 aromatic rings. The lowest BCUT2D eigenvalue weighted by molar-refractivity contribution is -0.139. The first kappa shape index (κ1) is 16.6. The summed E-state index contributed by atoms with van der Waals surface area (Å²) in [4.78, 5) is 25.6. The number of benzene rings is 1. The second kappa shape index (κ2) is 7.07. The molecule has 3 rings (SSSR count). The van der Waals surface area contributed by atoms with Gasteiger partial charge in [0.15, 0.2) is 0 Å². The molecule has 1 heterocycles. The van der Waals surface area contributed by atoms with Gasteiger partial charge in [0.1, 0.15) is 11.5 Å². The Labute approximate surface area is 142 Å². The van der Waals surface area contributed by atoms with Crippen molar-refractivity contribution in [1.82, 2.24) is 4.90 Å². The Balaban J connectivity index is 1.99. The van der Waals surface area contributed by atoms with Gasteiger partial charge in [-0.3, -0.25) is 14.5 Å². The molecule has 1 aromatic carbocycles. The van der Waals surface area contributed by atoms with Gasteiger partial charge >= 0.3 is 0 Å². The van der Waals surface area contributed by atoms with Gasteiger partial charge in [0, 0.05) is 23.3 Å². The lowest BCUT2D eigenvalue weighted by Gasteiger charge is -2.25. The predicted molar refractivity (Wildman–Crippen MR) is 90.1 cm³/mol. The Morgan fingerprint density at radius 1 is 1.00 bits per heavy atom. The van der Waals surface area contributed by atoms with Crippen molar-refractivity contribution >= 4 is 11.8 Å². The third-order valence-corrected chi connectivity index (χ3v) is 4.35. The third kappa shape index (κ3) is 2.90. The van der Waals surface area contributed by atoms with Crippen molar-refractivity contribution in [3.05, 3.63) is 35.4 Å². The molecule has 5 nitrogen and oxygen atoms in total. The summed E-state index contributed by atoms with van der Waals surface area (Å²) in [5.41, 5.74) is 2.00. The maximum absolute atomic E-state index is 12.1. The molecule has 0 saturated carbocycles. The van der Waals surface area contributed by atoms with E-state index in [1.807, 2.05) is 19.1 Å². The molecular formula is C19H23NO4. The van der Waals surface area contributed by atoms with E-state index in [1.54, 1.807) is 0 Å². The monoisotopic (exact) mass is 329 g/mol. The summed E-state index contributed by atoms with van der Waals surface area (Å²) in [6, 6.07) is 3.57. The quantitative estimate of drug-likeness (QED) is 0.721. The predicted octanol–water partition coefficient (Wildman–Crippen LogP) is 3.18. The number of imide groups is 1. The minimum Gasteiger partial charge on any atom is -0.493 e. The van der Waals surface area contributed by atoms with E-state index in [0.29, 0.717) is 19.6 Å². The average molecular weight is 329 g/mol. The van der Waals surface area contributed by atoms with Crippen molar-refractivity contribution < 1.29 is 19.1 Å². The van der Waals surface area contributed by atoms with Crippen LogP contribution >= 0.6 is 0 Å².